The van der Waals surface area contributed by atoms with E-state index in [0.717, 1.165) is 23.8 Å². The molecule has 1 atom stereocenters. The van der Waals surface area contributed by atoms with Crippen LogP contribution in [0.3, 0.4) is 0 Å². The lowest BCUT2D eigenvalue weighted by atomic mass is 10.2. The molecule has 0 saturated carbocycles. The molecule has 0 bridgehead atoms. The number of rotatable bonds is 9. The predicted octanol–water partition coefficient (Wildman–Crippen LogP) is 5.96. The van der Waals surface area contributed by atoms with Crippen LogP contribution in [0.5, 0.6) is 5.75 Å². The number of aromatic nitrogens is 5. The number of nitrogens with zero attached hydrogens (tertiary/aromatic N) is 4. The lowest BCUT2D eigenvalue weighted by Gasteiger charge is -2.20. The van der Waals surface area contributed by atoms with Crippen LogP contribution in [0.2, 0.25) is 5.02 Å². The van der Waals surface area contributed by atoms with E-state index in [1.165, 1.54) is 11.8 Å². The van der Waals surface area contributed by atoms with Crippen molar-refractivity contribution in [2.45, 2.75) is 56.7 Å². The molecule has 4 aromatic rings. The molecule has 172 valence electrons. The van der Waals surface area contributed by atoms with Crippen LogP contribution in [0.4, 0.5) is 0 Å². The summed E-state index contributed by atoms with van der Waals surface area (Å²) in [6, 6.07) is 14.9. The topological polar surface area (TPSA) is 85.7 Å². The van der Waals surface area contributed by atoms with Gasteiger partial charge >= 0.3 is 0 Å². The Labute approximate surface area is 201 Å². The summed E-state index contributed by atoms with van der Waals surface area (Å²) in [4.78, 5) is 20.1. The Morgan fingerprint density at radius 1 is 1.09 bits per heavy atom. The van der Waals surface area contributed by atoms with Gasteiger partial charge in [0.15, 0.2) is 11.0 Å². The number of H-pyrrole nitrogens is 1. The Morgan fingerprint density at radius 3 is 2.58 bits per heavy atom. The van der Waals surface area contributed by atoms with Crippen molar-refractivity contribution in [2.24, 2.45) is 0 Å². The maximum atomic E-state index is 12.5. The molecule has 33 heavy (non-hydrogen) atoms. The maximum Gasteiger partial charge on any atom is 0.258 e. The van der Waals surface area contributed by atoms with Crippen LogP contribution in [0, 0.1) is 0 Å². The monoisotopic (exact) mass is 483 g/mol. The molecule has 0 aliphatic heterocycles. The number of hydrogen-bond acceptors (Lipinski definition) is 6. The van der Waals surface area contributed by atoms with Gasteiger partial charge in [-0.15, -0.1) is 10.2 Å². The van der Waals surface area contributed by atoms with Gasteiger partial charge in [0.2, 0.25) is 0 Å². The fraction of sp³-hybridized carbons (Fsp3) is 0.333. The largest absolute Gasteiger partial charge is 0.484 e. The van der Waals surface area contributed by atoms with Gasteiger partial charge in [-0.05, 0) is 44.0 Å². The number of thioether (sulfide) groups is 1. The molecule has 0 saturated heterocycles. The number of ether oxygens (including phenoxy) is 1. The van der Waals surface area contributed by atoms with Gasteiger partial charge in [0.1, 0.15) is 18.2 Å². The minimum Gasteiger partial charge on any atom is -0.484 e. The Bertz CT molecular complexity index is 1300. The van der Waals surface area contributed by atoms with E-state index >= 15 is 0 Å². The zero-order chi connectivity index (χ0) is 23.4. The van der Waals surface area contributed by atoms with Crippen molar-refractivity contribution in [2.75, 3.05) is 0 Å². The maximum absolute atomic E-state index is 12.5. The summed E-state index contributed by atoms with van der Waals surface area (Å²) in [6.45, 7) is 6.55. The van der Waals surface area contributed by atoms with E-state index in [2.05, 4.69) is 38.6 Å². The van der Waals surface area contributed by atoms with Crippen molar-refractivity contribution in [3.05, 3.63) is 75.6 Å². The van der Waals surface area contributed by atoms with Gasteiger partial charge in [-0.2, -0.15) is 0 Å². The molecule has 4 rings (SSSR count). The quantitative estimate of drug-likeness (QED) is 0.295. The highest BCUT2D eigenvalue weighted by Crippen LogP contribution is 2.35. The molecule has 0 aliphatic carbocycles. The molecule has 0 spiro atoms. The second-order valence-electron chi connectivity index (χ2n) is 7.69. The number of para-hydroxylation sites is 2. The van der Waals surface area contributed by atoms with Crippen LogP contribution in [-0.4, -0.2) is 24.7 Å². The minimum atomic E-state index is -0.140. The van der Waals surface area contributed by atoms with Gasteiger partial charge in [0, 0.05) is 6.04 Å². The number of halogens is 1. The molecular formula is C24H26ClN5O2S. The summed E-state index contributed by atoms with van der Waals surface area (Å²) in [6.07, 6.45) is 1.86. The van der Waals surface area contributed by atoms with E-state index in [4.69, 9.17) is 16.3 Å². The summed E-state index contributed by atoms with van der Waals surface area (Å²) in [5.41, 5.74) is 0.539. The number of aromatic amines is 1. The zero-order valence-corrected chi connectivity index (χ0v) is 20.4. The summed E-state index contributed by atoms with van der Waals surface area (Å²) in [7, 11) is 0. The van der Waals surface area contributed by atoms with Crippen LogP contribution >= 0.6 is 23.4 Å². The lowest BCUT2D eigenvalue weighted by Crippen LogP contribution is -2.15. The smallest absolute Gasteiger partial charge is 0.258 e. The molecule has 0 radical (unpaired) electrons. The van der Waals surface area contributed by atoms with Crippen LogP contribution < -0.4 is 10.3 Å². The standard InChI is InChI=1S/C24H26ClN5O2S/c1-4-16(5-2)30-21(14-32-20-13-9-7-11-18(20)25)28-29-24(30)33-15(3)22-26-19-12-8-6-10-17(19)23(31)27-22/h6-13,15-16H,4-5,14H2,1-3H3,(H,26,27,31). The van der Waals surface area contributed by atoms with Gasteiger partial charge in [0.25, 0.3) is 5.56 Å². The number of fused-ring (bicyclic) bond motifs is 1. The Hall–Kier alpha value is -2.84. The van der Waals surface area contributed by atoms with Crippen molar-refractivity contribution < 1.29 is 4.74 Å². The summed E-state index contributed by atoms with van der Waals surface area (Å²) >= 11 is 7.76. The van der Waals surface area contributed by atoms with Gasteiger partial charge in [-0.25, -0.2) is 4.98 Å². The van der Waals surface area contributed by atoms with Gasteiger partial charge < -0.3 is 14.3 Å². The third-order valence-electron chi connectivity index (χ3n) is 5.53. The Kier molecular flexibility index (Phi) is 7.35. The van der Waals surface area contributed by atoms with Gasteiger partial charge in [-0.1, -0.05) is 61.5 Å². The van der Waals surface area contributed by atoms with Crippen molar-refractivity contribution in [3.63, 3.8) is 0 Å². The van der Waals surface area contributed by atoms with E-state index in [1.54, 1.807) is 12.1 Å². The van der Waals surface area contributed by atoms with Crippen LogP contribution in [0.15, 0.2) is 58.5 Å². The third-order valence-corrected chi connectivity index (χ3v) is 6.91. The van der Waals surface area contributed by atoms with E-state index in [9.17, 15) is 4.79 Å². The van der Waals surface area contributed by atoms with E-state index in [0.29, 0.717) is 27.5 Å². The molecule has 7 nitrogen and oxygen atoms in total. The first-order valence-electron chi connectivity index (χ1n) is 11.0. The highest BCUT2D eigenvalue weighted by molar-refractivity contribution is 7.99. The summed E-state index contributed by atoms with van der Waals surface area (Å²) < 4.78 is 8.08. The molecule has 0 amide bonds. The lowest BCUT2D eigenvalue weighted by molar-refractivity contribution is 0.278. The molecule has 2 aromatic heterocycles. The van der Waals surface area contributed by atoms with Crippen molar-refractivity contribution in [1.29, 1.82) is 0 Å². The normalized spacial score (nSPS) is 12.4. The fourth-order valence-corrected chi connectivity index (χ4v) is 4.91. The first kappa shape index (κ1) is 23.3. The van der Waals surface area contributed by atoms with Crippen molar-refractivity contribution >= 4 is 34.3 Å². The second kappa shape index (κ2) is 10.4. The molecular weight excluding hydrogens is 458 g/mol. The minimum absolute atomic E-state index is 0.128. The predicted molar refractivity (Wildman–Crippen MR) is 132 cm³/mol. The van der Waals surface area contributed by atoms with Crippen molar-refractivity contribution in [1.82, 2.24) is 24.7 Å². The first-order chi connectivity index (χ1) is 16.0. The van der Waals surface area contributed by atoms with Gasteiger partial charge in [0.05, 0.1) is 21.2 Å². The molecule has 9 heteroatoms. The zero-order valence-electron chi connectivity index (χ0n) is 18.8. The second-order valence-corrected chi connectivity index (χ2v) is 9.40. The average molecular weight is 484 g/mol. The van der Waals surface area contributed by atoms with Crippen LogP contribution in [0.1, 0.15) is 56.6 Å². The summed E-state index contributed by atoms with van der Waals surface area (Å²) in [5.74, 6) is 1.95. The SMILES string of the molecule is CCC(CC)n1c(COc2ccccc2Cl)nnc1SC(C)c1nc2ccccc2c(=O)[nH]1. The molecule has 1 unspecified atom stereocenters. The number of benzene rings is 2. The summed E-state index contributed by atoms with van der Waals surface area (Å²) in [5, 5.41) is 10.7. The highest BCUT2D eigenvalue weighted by Gasteiger charge is 2.23. The molecule has 2 aromatic carbocycles. The van der Waals surface area contributed by atoms with Crippen molar-refractivity contribution in [3.8, 4) is 5.75 Å². The Balaban J connectivity index is 1.62. The van der Waals surface area contributed by atoms with E-state index in [-0.39, 0.29) is 23.5 Å². The van der Waals surface area contributed by atoms with Crippen LogP contribution in [-0.2, 0) is 6.61 Å². The van der Waals surface area contributed by atoms with Gasteiger partial charge in [-0.3, -0.25) is 4.79 Å². The average Bonchev–Trinajstić information content (AvgIpc) is 3.21. The fourth-order valence-electron chi connectivity index (χ4n) is 3.72. The molecule has 0 fully saturated rings. The van der Waals surface area contributed by atoms with Crippen LogP contribution in [0.25, 0.3) is 10.9 Å². The van der Waals surface area contributed by atoms with E-state index < -0.39 is 0 Å². The molecule has 1 N–H and O–H groups in total. The first-order valence-corrected chi connectivity index (χ1v) is 12.2. The third kappa shape index (κ3) is 5.07. The highest BCUT2D eigenvalue weighted by atomic mass is 35.5. The number of nitrogens with one attached hydrogen (secondary N) is 1. The van der Waals surface area contributed by atoms with E-state index in [1.807, 2.05) is 43.3 Å². The molecule has 0 aliphatic rings. The number of hydrogen-bond donors (Lipinski definition) is 1. The Morgan fingerprint density at radius 2 is 1.82 bits per heavy atom. The molecule has 2 heterocycles.